The van der Waals surface area contributed by atoms with E-state index in [1.807, 2.05) is 0 Å². The van der Waals surface area contributed by atoms with Crippen LogP contribution in [-0.2, 0) is 19.9 Å². The van der Waals surface area contributed by atoms with E-state index in [-0.39, 0.29) is 82.2 Å². The largest absolute Gasteiger partial charge is 0 e. The van der Waals surface area contributed by atoms with Crippen molar-refractivity contribution in [2.75, 3.05) is 0 Å². The van der Waals surface area contributed by atoms with Crippen LogP contribution in [0.3, 0.4) is 0 Å². The zero-order valence-electron chi connectivity index (χ0n) is 1.67. The van der Waals surface area contributed by atoms with Gasteiger partial charge in [0.1, 0.15) is 0 Å². The molecule has 0 heterocycles. The van der Waals surface area contributed by atoms with Gasteiger partial charge in [0.05, 0.1) is 0 Å². The molecule has 0 radical (unpaired) electrons. The maximum absolute atomic E-state index is 8.39. The van der Waals surface area contributed by atoms with E-state index < -0.39 is 0 Å². The van der Waals surface area contributed by atoms with Crippen molar-refractivity contribution in [2.45, 2.75) is 0 Å². The fourth-order valence-corrected chi connectivity index (χ4v) is 0. The second kappa shape index (κ2) is 17.7. The van der Waals surface area contributed by atoms with Gasteiger partial charge in [-0.25, -0.2) is 0 Å². The first-order valence-corrected chi connectivity index (χ1v) is 1.79. The van der Waals surface area contributed by atoms with E-state index in [1.54, 1.807) is 0 Å². The molecule has 0 atom stereocenters. The predicted octanol–water partition coefficient (Wildman–Crippen LogP) is -0.770. The van der Waals surface area contributed by atoms with Gasteiger partial charge in [-0.15, -0.1) is 0 Å². The molecule has 4 heavy (non-hydrogen) atoms. The van der Waals surface area contributed by atoms with E-state index in [1.165, 1.54) is 0 Å². The molecule has 0 aliphatic heterocycles. The summed E-state index contributed by atoms with van der Waals surface area (Å²) in [5, 5.41) is 0. The van der Waals surface area contributed by atoms with E-state index in [0.717, 1.165) is 0 Å². The summed E-state index contributed by atoms with van der Waals surface area (Å²) in [5.41, 5.74) is 0. The van der Waals surface area contributed by atoms with Crippen LogP contribution in [0.4, 0.5) is 0 Å². The number of rotatable bonds is 0. The van der Waals surface area contributed by atoms with E-state index >= 15 is 0 Å². The third-order valence-corrected chi connectivity index (χ3v) is 0. The molecule has 26 valence electrons. The quantitative estimate of drug-likeness (QED) is 0.460. The maximum Gasteiger partial charge on any atom is 0 e. The summed E-state index contributed by atoms with van der Waals surface area (Å²) in [7, 11) is 0. The Hall–Kier alpha value is 2.54. The van der Waals surface area contributed by atoms with Gasteiger partial charge in [0.25, 0.3) is 0 Å². The van der Waals surface area contributed by atoms with Gasteiger partial charge in [0, 0.05) is 57.5 Å². The monoisotopic (exact) mass is 434 g/mol. The molecule has 0 aromatic rings. The molecule has 0 bridgehead atoms. The smallest absolute Gasteiger partial charge is 0 e. The normalized spacial score (nSPS) is 1.00. The minimum Gasteiger partial charge on any atom is 0 e. The fourth-order valence-electron chi connectivity index (χ4n) is 0. The van der Waals surface area contributed by atoms with E-state index in [2.05, 4.69) is 0 Å². The van der Waals surface area contributed by atoms with Crippen molar-refractivity contribution in [1.82, 2.24) is 0 Å². The summed E-state index contributed by atoms with van der Waals surface area (Å²) in [6.45, 7) is 0. The van der Waals surface area contributed by atoms with Crippen LogP contribution in [-0.4, -0.2) is 24.7 Å². The van der Waals surface area contributed by atoms with E-state index in [9.17, 15) is 0 Å². The van der Waals surface area contributed by atoms with Crippen LogP contribution in [0, 0.1) is 40.4 Å². The molecule has 0 spiro atoms. The van der Waals surface area contributed by atoms with Gasteiger partial charge in [-0.05, 0) is 0 Å². The Kier molecular flexibility index (Phi) is 70.9. The summed E-state index contributed by atoms with van der Waals surface area (Å²) in [6, 6.07) is 0. The van der Waals surface area contributed by atoms with Gasteiger partial charge in [-0.3, -0.25) is 0 Å². The van der Waals surface area contributed by atoms with Crippen molar-refractivity contribution in [3.8, 4) is 0 Å². The Balaban J connectivity index is -0.00000000500. The third-order valence-electron chi connectivity index (χ3n) is 0. The molecule has 0 aliphatic rings. The molecule has 0 aliphatic carbocycles. The zero-order chi connectivity index (χ0) is 2.00. The van der Waals surface area contributed by atoms with Crippen LogP contribution in [0.2, 0.25) is 0 Å². The molecule has 0 fully saturated rings. The van der Waals surface area contributed by atoms with Crippen molar-refractivity contribution < 1.29 is 60.3 Å². The molecule has 4 heteroatoms. The van der Waals surface area contributed by atoms with Gasteiger partial charge < -0.3 is 0 Å². The summed E-state index contributed by atoms with van der Waals surface area (Å²) < 4.78 is 8.39. The van der Waals surface area contributed by atoms with Crippen molar-refractivity contribution >= 4 is 24.7 Å². The fraction of sp³-hybridized carbons (Fsp3) is 0. The Bertz CT molecular complexity index is 8.00. The van der Waals surface area contributed by atoms with Crippen LogP contribution >= 0.6 is 0 Å². The molecule has 0 amide bonds. The first-order valence-electron chi connectivity index (χ1n) is 0.204. The van der Waals surface area contributed by atoms with Crippen molar-refractivity contribution in [1.29, 1.82) is 0 Å². The summed E-state index contributed by atoms with van der Waals surface area (Å²) in [4.78, 5) is 0. The van der Waals surface area contributed by atoms with Crippen LogP contribution in [0.1, 0.15) is 0 Å². The number of hydrogen-bond acceptors (Lipinski definition) is 1. The van der Waals surface area contributed by atoms with Gasteiger partial charge in [-0.1, -0.05) is 0 Å². The van der Waals surface area contributed by atoms with E-state index in [0.29, 0.717) is 0 Å². The van der Waals surface area contributed by atoms with Crippen molar-refractivity contribution in [3.05, 3.63) is 0 Å². The summed E-state index contributed by atoms with van der Waals surface area (Å²) in [6.07, 6.45) is 0. The van der Waals surface area contributed by atoms with Crippen LogP contribution in [0.5, 0.6) is 0 Å². The SMILES string of the molecule is [Fe].[O]=[BiH].[Sm]. The Morgan fingerprint density at radius 2 is 1.25 bits per heavy atom. The summed E-state index contributed by atoms with van der Waals surface area (Å²) >= 11 is 0.0556. The molecule has 0 saturated heterocycles. The van der Waals surface area contributed by atoms with Crippen molar-refractivity contribution in [2.24, 2.45) is 0 Å². The standard InChI is InChI=1S/Bi.Fe.O.Sm.H. The second-order valence-electron chi connectivity index (χ2n) is 0. The van der Waals surface area contributed by atoms with Gasteiger partial charge in [0.2, 0.25) is 0 Å². The molecule has 0 N–H and O–H groups in total. The third kappa shape index (κ3) is 8.82. The molecule has 0 aromatic carbocycles. The average Bonchev–Trinajstić information content (AvgIpc) is 1.00. The molecule has 0 unspecified atom stereocenters. The Morgan fingerprint density at radius 3 is 1.25 bits per heavy atom. The van der Waals surface area contributed by atoms with Crippen LogP contribution in [0.15, 0.2) is 0 Å². The maximum atomic E-state index is 8.39. The van der Waals surface area contributed by atoms with E-state index in [4.69, 9.17) is 2.81 Å². The molecular formula is HBiFeOSm. The molecule has 0 saturated carbocycles. The minimum absolute atomic E-state index is 0. The van der Waals surface area contributed by atoms with Crippen molar-refractivity contribution in [3.63, 3.8) is 0 Å². The van der Waals surface area contributed by atoms with Gasteiger partial charge >= 0.3 is 27.5 Å². The molecule has 1 nitrogen and oxygen atoms in total. The average molecular weight is 432 g/mol. The van der Waals surface area contributed by atoms with Gasteiger partial charge in [0.15, 0.2) is 0 Å². The first kappa shape index (κ1) is 16.0. The first-order chi connectivity index (χ1) is 1.00. The molecule has 0 rings (SSSR count). The minimum atomic E-state index is 0. The Morgan fingerprint density at radius 1 is 1.25 bits per heavy atom. The molecule has 0 aromatic heterocycles. The number of hydrogen-bond donors (Lipinski definition) is 0. The van der Waals surface area contributed by atoms with Crippen LogP contribution < -0.4 is 0 Å². The predicted molar refractivity (Wildman–Crippen MR) is 7.84 cm³/mol. The van der Waals surface area contributed by atoms with Crippen LogP contribution in [0.25, 0.3) is 0 Å². The zero-order valence-corrected chi connectivity index (χ0v) is 9.28. The second-order valence-corrected chi connectivity index (χ2v) is 0. The topological polar surface area (TPSA) is 17.1 Å². The Labute approximate surface area is 83.2 Å². The summed E-state index contributed by atoms with van der Waals surface area (Å²) in [5.74, 6) is 0. The van der Waals surface area contributed by atoms with Gasteiger partial charge in [-0.2, -0.15) is 0 Å². The molecular weight excluding hydrogens is 431 g/mol.